The van der Waals surface area contributed by atoms with Crippen molar-refractivity contribution in [2.45, 2.75) is 20.3 Å². The van der Waals surface area contributed by atoms with Crippen LogP contribution in [0.2, 0.25) is 0 Å². The van der Waals surface area contributed by atoms with Crippen molar-refractivity contribution in [3.05, 3.63) is 95.1 Å². The largest absolute Gasteiger partial charge is 0.482 e. The van der Waals surface area contributed by atoms with Gasteiger partial charge in [-0.15, -0.1) is 0 Å². The molecule has 0 atom stereocenters. The SMILES string of the molecule is Cc1cccc(NC(=O)COC(=O)COc2ccccc2Cc2ccccc2)c1C. The third kappa shape index (κ3) is 5.95. The molecule has 0 bridgehead atoms. The summed E-state index contributed by atoms with van der Waals surface area (Å²) in [6.07, 6.45) is 0.699. The van der Waals surface area contributed by atoms with Gasteiger partial charge in [-0.3, -0.25) is 4.79 Å². The lowest BCUT2D eigenvalue weighted by atomic mass is 10.0. The highest BCUT2D eigenvalue weighted by Gasteiger charge is 2.12. The van der Waals surface area contributed by atoms with E-state index in [0.717, 1.165) is 22.3 Å². The third-order valence-corrected chi connectivity index (χ3v) is 4.80. The fourth-order valence-corrected chi connectivity index (χ4v) is 3.00. The molecule has 0 saturated carbocycles. The topological polar surface area (TPSA) is 64.6 Å². The summed E-state index contributed by atoms with van der Waals surface area (Å²) in [5, 5.41) is 2.76. The molecule has 0 heterocycles. The lowest BCUT2D eigenvalue weighted by Crippen LogP contribution is -2.24. The highest BCUT2D eigenvalue weighted by Crippen LogP contribution is 2.21. The lowest BCUT2D eigenvalue weighted by molar-refractivity contribution is -0.149. The number of carbonyl (C=O) groups excluding carboxylic acids is 2. The number of benzene rings is 3. The number of esters is 1. The summed E-state index contributed by atoms with van der Waals surface area (Å²) < 4.78 is 10.7. The van der Waals surface area contributed by atoms with Crippen molar-refractivity contribution in [2.24, 2.45) is 0 Å². The van der Waals surface area contributed by atoms with Crippen molar-refractivity contribution < 1.29 is 19.1 Å². The number of para-hydroxylation sites is 1. The summed E-state index contributed by atoms with van der Waals surface area (Å²) in [5.74, 6) is -0.361. The van der Waals surface area contributed by atoms with Crippen LogP contribution in [-0.4, -0.2) is 25.1 Å². The van der Waals surface area contributed by atoms with E-state index in [4.69, 9.17) is 9.47 Å². The Hall–Kier alpha value is -3.60. The van der Waals surface area contributed by atoms with Crippen LogP contribution in [0.4, 0.5) is 5.69 Å². The molecule has 154 valence electrons. The Balaban J connectivity index is 1.49. The fourth-order valence-electron chi connectivity index (χ4n) is 3.00. The van der Waals surface area contributed by atoms with Gasteiger partial charge in [0.25, 0.3) is 5.91 Å². The number of aryl methyl sites for hydroxylation is 1. The summed E-state index contributed by atoms with van der Waals surface area (Å²) in [7, 11) is 0. The number of carbonyl (C=O) groups is 2. The van der Waals surface area contributed by atoms with E-state index >= 15 is 0 Å². The molecule has 1 amide bonds. The van der Waals surface area contributed by atoms with E-state index in [0.29, 0.717) is 17.9 Å². The zero-order valence-electron chi connectivity index (χ0n) is 17.2. The summed E-state index contributed by atoms with van der Waals surface area (Å²) in [6, 6.07) is 23.2. The van der Waals surface area contributed by atoms with E-state index in [-0.39, 0.29) is 19.1 Å². The minimum atomic E-state index is -0.597. The van der Waals surface area contributed by atoms with E-state index in [1.165, 1.54) is 0 Å². The Morgan fingerprint density at radius 2 is 1.57 bits per heavy atom. The van der Waals surface area contributed by atoms with Crippen molar-refractivity contribution in [3.63, 3.8) is 0 Å². The van der Waals surface area contributed by atoms with Gasteiger partial charge in [0.1, 0.15) is 5.75 Å². The molecular formula is C25H25NO4. The fraction of sp³-hybridized carbons (Fsp3) is 0.200. The van der Waals surface area contributed by atoms with Crippen LogP contribution in [0.3, 0.4) is 0 Å². The summed E-state index contributed by atoms with van der Waals surface area (Å²) >= 11 is 0. The molecule has 0 aliphatic heterocycles. The van der Waals surface area contributed by atoms with Gasteiger partial charge < -0.3 is 14.8 Å². The number of rotatable bonds is 8. The van der Waals surface area contributed by atoms with Crippen molar-refractivity contribution in [2.75, 3.05) is 18.5 Å². The van der Waals surface area contributed by atoms with Gasteiger partial charge in [0.05, 0.1) is 0 Å². The zero-order chi connectivity index (χ0) is 21.3. The van der Waals surface area contributed by atoms with Crippen molar-refractivity contribution in [3.8, 4) is 5.75 Å². The maximum absolute atomic E-state index is 12.1. The second-order valence-electron chi connectivity index (χ2n) is 7.02. The number of ether oxygens (including phenoxy) is 2. The molecule has 5 nitrogen and oxygen atoms in total. The average molecular weight is 403 g/mol. The second kappa shape index (κ2) is 10.3. The number of hydrogen-bond acceptors (Lipinski definition) is 4. The first-order valence-electron chi connectivity index (χ1n) is 9.79. The van der Waals surface area contributed by atoms with Gasteiger partial charge in [0.2, 0.25) is 0 Å². The molecule has 0 aliphatic carbocycles. The minimum Gasteiger partial charge on any atom is -0.482 e. The van der Waals surface area contributed by atoms with E-state index in [1.807, 2.05) is 86.6 Å². The molecule has 0 spiro atoms. The van der Waals surface area contributed by atoms with Gasteiger partial charge in [-0.25, -0.2) is 4.79 Å². The molecule has 0 saturated heterocycles. The van der Waals surface area contributed by atoms with Gasteiger partial charge in [-0.2, -0.15) is 0 Å². The molecule has 0 aliphatic rings. The maximum atomic E-state index is 12.1. The number of amides is 1. The van der Waals surface area contributed by atoms with Gasteiger partial charge in [0.15, 0.2) is 13.2 Å². The van der Waals surface area contributed by atoms with Crippen molar-refractivity contribution in [1.82, 2.24) is 0 Å². The Morgan fingerprint density at radius 3 is 2.37 bits per heavy atom. The first-order chi connectivity index (χ1) is 14.5. The Morgan fingerprint density at radius 1 is 0.833 bits per heavy atom. The predicted molar refractivity (Wildman–Crippen MR) is 117 cm³/mol. The predicted octanol–water partition coefficient (Wildman–Crippen LogP) is 4.45. The number of hydrogen-bond donors (Lipinski definition) is 1. The van der Waals surface area contributed by atoms with Crippen LogP contribution in [0.25, 0.3) is 0 Å². The Bertz CT molecular complexity index is 1010. The second-order valence-corrected chi connectivity index (χ2v) is 7.02. The minimum absolute atomic E-state index is 0.261. The Labute approximate surface area is 176 Å². The van der Waals surface area contributed by atoms with Crippen LogP contribution < -0.4 is 10.1 Å². The van der Waals surface area contributed by atoms with Crippen LogP contribution in [0.5, 0.6) is 5.75 Å². The van der Waals surface area contributed by atoms with E-state index in [2.05, 4.69) is 5.32 Å². The van der Waals surface area contributed by atoms with Crippen molar-refractivity contribution in [1.29, 1.82) is 0 Å². The number of anilines is 1. The molecule has 3 aromatic rings. The molecule has 3 aromatic carbocycles. The number of nitrogens with one attached hydrogen (secondary N) is 1. The monoisotopic (exact) mass is 403 g/mol. The molecule has 1 N–H and O–H groups in total. The Kier molecular flexibility index (Phi) is 7.22. The van der Waals surface area contributed by atoms with Crippen LogP contribution >= 0.6 is 0 Å². The highest BCUT2D eigenvalue weighted by atomic mass is 16.6. The van der Waals surface area contributed by atoms with E-state index < -0.39 is 5.97 Å². The summed E-state index contributed by atoms with van der Waals surface area (Å²) in [4.78, 5) is 24.1. The highest BCUT2D eigenvalue weighted by molar-refractivity contribution is 5.93. The van der Waals surface area contributed by atoms with E-state index in [1.54, 1.807) is 0 Å². The van der Waals surface area contributed by atoms with Gasteiger partial charge in [0, 0.05) is 12.1 Å². The molecule has 0 fully saturated rings. The normalized spacial score (nSPS) is 10.3. The molecule has 0 unspecified atom stereocenters. The molecule has 0 aromatic heterocycles. The first-order valence-corrected chi connectivity index (χ1v) is 9.79. The van der Waals surface area contributed by atoms with Gasteiger partial charge in [-0.1, -0.05) is 60.7 Å². The van der Waals surface area contributed by atoms with Crippen LogP contribution in [0.1, 0.15) is 22.3 Å². The first kappa shape index (κ1) is 21.1. The smallest absolute Gasteiger partial charge is 0.344 e. The van der Waals surface area contributed by atoms with Gasteiger partial charge in [-0.05, 0) is 48.2 Å². The third-order valence-electron chi connectivity index (χ3n) is 4.80. The van der Waals surface area contributed by atoms with Crippen molar-refractivity contribution >= 4 is 17.6 Å². The zero-order valence-corrected chi connectivity index (χ0v) is 17.2. The molecule has 3 rings (SSSR count). The summed E-state index contributed by atoms with van der Waals surface area (Å²) in [6.45, 7) is 3.28. The molecule has 5 heteroatoms. The van der Waals surface area contributed by atoms with Crippen LogP contribution in [0.15, 0.2) is 72.8 Å². The molecule has 30 heavy (non-hydrogen) atoms. The lowest BCUT2D eigenvalue weighted by Gasteiger charge is -2.12. The molecular weight excluding hydrogens is 378 g/mol. The van der Waals surface area contributed by atoms with Gasteiger partial charge >= 0.3 is 5.97 Å². The van der Waals surface area contributed by atoms with E-state index in [9.17, 15) is 9.59 Å². The average Bonchev–Trinajstić information content (AvgIpc) is 2.75. The van der Waals surface area contributed by atoms with Crippen LogP contribution in [0, 0.1) is 13.8 Å². The quantitative estimate of drug-likeness (QED) is 0.564. The summed E-state index contributed by atoms with van der Waals surface area (Å²) in [5.41, 5.74) is 4.90. The maximum Gasteiger partial charge on any atom is 0.344 e. The molecule has 0 radical (unpaired) electrons. The van der Waals surface area contributed by atoms with Crippen LogP contribution in [-0.2, 0) is 20.7 Å². The standard InChI is InChI=1S/C25H25NO4/c1-18-9-8-13-22(19(18)2)26-24(27)16-30-25(28)17-29-23-14-7-6-12-21(23)15-20-10-4-3-5-11-20/h3-14H,15-17H2,1-2H3,(H,26,27).